The third-order valence-electron chi connectivity index (χ3n) is 6.22. The first-order valence-corrected chi connectivity index (χ1v) is 10.6. The van der Waals surface area contributed by atoms with Gasteiger partial charge in [0.15, 0.2) is 5.43 Å². The van der Waals surface area contributed by atoms with Gasteiger partial charge in [-0.25, -0.2) is 0 Å². The molecule has 150 valence electrons. The molecule has 1 unspecified atom stereocenters. The predicted molar refractivity (Wildman–Crippen MR) is 121 cm³/mol. The molecule has 0 spiro atoms. The van der Waals surface area contributed by atoms with Gasteiger partial charge in [-0.3, -0.25) is 9.59 Å². The SMILES string of the molecule is O=C(Cn1c2ccccc2c(=O)c2ccccc21)NCC1CCCc2ccccc21. The molecule has 0 aliphatic heterocycles. The first kappa shape index (κ1) is 18.6. The zero-order valence-electron chi connectivity index (χ0n) is 16.8. The van der Waals surface area contributed by atoms with E-state index in [1.54, 1.807) is 0 Å². The molecule has 4 aromatic rings. The van der Waals surface area contributed by atoms with Crippen molar-refractivity contribution in [3.05, 3.63) is 94.1 Å². The van der Waals surface area contributed by atoms with Gasteiger partial charge in [-0.1, -0.05) is 48.5 Å². The number of carbonyl (C=O) groups excluding carboxylic acids is 1. The topological polar surface area (TPSA) is 51.1 Å². The number of nitrogens with one attached hydrogen (secondary N) is 1. The van der Waals surface area contributed by atoms with E-state index in [4.69, 9.17) is 0 Å². The number of para-hydroxylation sites is 2. The van der Waals surface area contributed by atoms with E-state index in [-0.39, 0.29) is 17.9 Å². The maximum absolute atomic E-state index is 12.9. The fourth-order valence-corrected chi connectivity index (χ4v) is 4.75. The van der Waals surface area contributed by atoms with Crippen molar-refractivity contribution in [1.82, 2.24) is 9.88 Å². The zero-order chi connectivity index (χ0) is 20.5. The smallest absolute Gasteiger partial charge is 0.239 e. The van der Waals surface area contributed by atoms with Crippen LogP contribution in [0.1, 0.15) is 29.9 Å². The number of pyridine rings is 1. The van der Waals surface area contributed by atoms with Crippen molar-refractivity contribution in [3.8, 4) is 0 Å². The summed E-state index contributed by atoms with van der Waals surface area (Å²) >= 11 is 0. The summed E-state index contributed by atoms with van der Waals surface area (Å²) in [5.74, 6) is 0.332. The van der Waals surface area contributed by atoms with Crippen molar-refractivity contribution in [1.29, 1.82) is 0 Å². The summed E-state index contributed by atoms with van der Waals surface area (Å²) in [7, 11) is 0. The minimum Gasteiger partial charge on any atom is -0.354 e. The maximum Gasteiger partial charge on any atom is 0.239 e. The van der Waals surface area contributed by atoms with Crippen LogP contribution >= 0.6 is 0 Å². The van der Waals surface area contributed by atoms with Crippen molar-refractivity contribution < 1.29 is 4.79 Å². The zero-order valence-corrected chi connectivity index (χ0v) is 16.8. The van der Waals surface area contributed by atoms with Gasteiger partial charge < -0.3 is 9.88 Å². The number of hydrogen-bond acceptors (Lipinski definition) is 2. The molecule has 1 aromatic heterocycles. The summed E-state index contributed by atoms with van der Waals surface area (Å²) in [4.78, 5) is 25.8. The minimum atomic E-state index is -0.0305. The van der Waals surface area contributed by atoms with Gasteiger partial charge in [0.25, 0.3) is 0 Å². The van der Waals surface area contributed by atoms with Crippen molar-refractivity contribution in [2.75, 3.05) is 6.54 Å². The number of carbonyl (C=O) groups is 1. The van der Waals surface area contributed by atoms with Gasteiger partial charge in [-0.15, -0.1) is 0 Å². The van der Waals surface area contributed by atoms with Crippen LogP contribution in [0.25, 0.3) is 21.8 Å². The highest BCUT2D eigenvalue weighted by molar-refractivity contribution is 5.94. The van der Waals surface area contributed by atoms with Gasteiger partial charge in [-0.05, 0) is 54.7 Å². The second kappa shape index (κ2) is 7.79. The molecule has 3 aromatic carbocycles. The molecule has 0 radical (unpaired) electrons. The highest BCUT2D eigenvalue weighted by atomic mass is 16.2. The first-order valence-electron chi connectivity index (χ1n) is 10.6. The van der Waals surface area contributed by atoms with Crippen LogP contribution < -0.4 is 10.7 Å². The van der Waals surface area contributed by atoms with Crippen LogP contribution in [0.3, 0.4) is 0 Å². The molecule has 4 nitrogen and oxygen atoms in total. The number of fused-ring (bicyclic) bond motifs is 3. The van der Waals surface area contributed by atoms with Gasteiger partial charge >= 0.3 is 0 Å². The summed E-state index contributed by atoms with van der Waals surface area (Å²) in [6.45, 7) is 0.835. The van der Waals surface area contributed by atoms with E-state index in [9.17, 15) is 9.59 Å². The summed E-state index contributed by atoms with van der Waals surface area (Å²) in [6.07, 6.45) is 3.38. The molecule has 0 bridgehead atoms. The lowest BCUT2D eigenvalue weighted by molar-refractivity contribution is -0.121. The quantitative estimate of drug-likeness (QED) is 0.520. The normalized spacial score (nSPS) is 15.8. The van der Waals surface area contributed by atoms with Crippen molar-refractivity contribution in [2.24, 2.45) is 0 Å². The van der Waals surface area contributed by atoms with Crippen molar-refractivity contribution in [2.45, 2.75) is 31.7 Å². The van der Waals surface area contributed by atoms with Gasteiger partial charge in [0.05, 0.1) is 11.0 Å². The Kier molecular flexibility index (Phi) is 4.83. The van der Waals surface area contributed by atoms with E-state index >= 15 is 0 Å². The summed E-state index contributed by atoms with van der Waals surface area (Å²) < 4.78 is 1.95. The van der Waals surface area contributed by atoms with Crippen LogP contribution in [0, 0.1) is 0 Å². The molecule has 1 atom stereocenters. The van der Waals surface area contributed by atoms with Gasteiger partial charge in [-0.2, -0.15) is 0 Å². The third-order valence-corrected chi connectivity index (χ3v) is 6.22. The Bertz CT molecular complexity index is 1250. The van der Waals surface area contributed by atoms with E-state index in [0.717, 1.165) is 30.3 Å². The molecule has 1 N–H and O–H groups in total. The van der Waals surface area contributed by atoms with E-state index in [0.29, 0.717) is 23.2 Å². The fraction of sp³-hybridized carbons (Fsp3) is 0.231. The van der Waals surface area contributed by atoms with Crippen LogP contribution in [-0.4, -0.2) is 17.0 Å². The molecular formula is C26H24N2O2. The molecule has 0 saturated heterocycles. The number of nitrogens with zero attached hydrogens (tertiary/aromatic N) is 1. The van der Waals surface area contributed by atoms with Gasteiger partial charge in [0.2, 0.25) is 5.91 Å². The highest BCUT2D eigenvalue weighted by Gasteiger charge is 2.20. The van der Waals surface area contributed by atoms with Crippen molar-refractivity contribution in [3.63, 3.8) is 0 Å². The molecule has 0 saturated carbocycles. The number of benzene rings is 3. The molecule has 1 heterocycles. The standard InChI is InChI=1S/C26H24N2O2/c29-25(27-16-19-10-7-9-18-8-1-2-11-20(18)19)17-28-23-14-5-3-12-21(23)26(30)22-13-4-6-15-24(22)28/h1-6,8,11-15,19H,7,9-10,16-17H2,(H,27,29). The summed E-state index contributed by atoms with van der Waals surface area (Å²) in [6, 6.07) is 23.6. The Morgan fingerprint density at radius 2 is 1.53 bits per heavy atom. The van der Waals surface area contributed by atoms with E-state index in [1.807, 2.05) is 53.1 Å². The van der Waals surface area contributed by atoms with Crippen LogP contribution in [0.2, 0.25) is 0 Å². The number of rotatable bonds is 4. The molecule has 1 aliphatic rings. The predicted octanol–water partition coefficient (Wildman–Crippen LogP) is 4.39. The summed E-state index contributed by atoms with van der Waals surface area (Å²) in [5.41, 5.74) is 4.36. The highest BCUT2D eigenvalue weighted by Crippen LogP contribution is 2.30. The molecular weight excluding hydrogens is 372 g/mol. The average molecular weight is 396 g/mol. The van der Waals surface area contributed by atoms with Crippen LogP contribution in [0.4, 0.5) is 0 Å². The molecule has 5 rings (SSSR count). The van der Waals surface area contributed by atoms with Gasteiger partial charge in [0, 0.05) is 23.2 Å². The first-order chi connectivity index (χ1) is 14.7. The second-order valence-corrected chi connectivity index (χ2v) is 8.04. The third kappa shape index (κ3) is 3.28. The van der Waals surface area contributed by atoms with E-state index in [2.05, 4.69) is 29.6 Å². The average Bonchev–Trinajstić information content (AvgIpc) is 2.80. The lowest BCUT2D eigenvalue weighted by Crippen LogP contribution is -2.33. The molecule has 4 heteroatoms. The van der Waals surface area contributed by atoms with Crippen molar-refractivity contribution >= 4 is 27.7 Å². The monoisotopic (exact) mass is 396 g/mol. The summed E-state index contributed by atoms with van der Waals surface area (Å²) in [5, 5.41) is 4.44. The Hall–Kier alpha value is -3.40. The molecule has 1 aliphatic carbocycles. The lowest BCUT2D eigenvalue weighted by Gasteiger charge is -2.26. The Balaban J connectivity index is 1.43. The maximum atomic E-state index is 12.9. The molecule has 1 amide bonds. The second-order valence-electron chi connectivity index (χ2n) is 8.04. The minimum absolute atomic E-state index is 0.0108. The molecule has 0 fully saturated rings. The van der Waals surface area contributed by atoms with Crippen LogP contribution in [0.5, 0.6) is 0 Å². The van der Waals surface area contributed by atoms with Crippen LogP contribution in [0.15, 0.2) is 77.6 Å². The number of aromatic nitrogens is 1. The van der Waals surface area contributed by atoms with E-state index in [1.165, 1.54) is 11.1 Å². The number of amides is 1. The molecule has 30 heavy (non-hydrogen) atoms. The van der Waals surface area contributed by atoms with Gasteiger partial charge in [0.1, 0.15) is 6.54 Å². The number of aryl methyl sites for hydroxylation is 1. The largest absolute Gasteiger partial charge is 0.354 e. The fourth-order valence-electron chi connectivity index (χ4n) is 4.75. The van der Waals surface area contributed by atoms with E-state index < -0.39 is 0 Å². The Morgan fingerprint density at radius 3 is 2.27 bits per heavy atom. The lowest BCUT2D eigenvalue weighted by atomic mass is 9.83. The van der Waals surface area contributed by atoms with Crippen LogP contribution in [-0.2, 0) is 17.8 Å². The Morgan fingerprint density at radius 1 is 0.900 bits per heavy atom. The number of hydrogen-bond donors (Lipinski definition) is 1. The Labute approximate surface area is 175 Å².